The van der Waals surface area contributed by atoms with Crippen molar-refractivity contribution in [2.45, 2.75) is 18.4 Å². The number of hydrogen-bond donors (Lipinski definition) is 1. The lowest BCUT2D eigenvalue weighted by Gasteiger charge is -2.26. The molecule has 4 aromatic carbocycles. The molecular formula is C28H24N2O4S. The third-order valence-electron chi connectivity index (χ3n) is 5.37. The maximum absolute atomic E-state index is 14.0. The van der Waals surface area contributed by atoms with Crippen LogP contribution in [0, 0.1) is 0 Å². The van der Waals surface area contributed by atoms with Gasteiger partial charge in [0.2, 0.25) is 5.91 Å². The van der Waals surface area contributed by atoms with Gasteiger partial charge < -0.3 is 5.32 Å². The van der Waals surface area contributed by atoms with Gasteiger partial charge in [-0.1, -0.05) is 78.9 Å². The lowest BCUT2D eigenvalue weighted by Crippen LogP contribution is -2.31. The van der Waals surface area contributed by atoms with E-state index in [0.29, 0.717) is 11.3 Å². The Bertz CT molecular complexity index is 1440. The SMILES string of the molecule is CC(=O)Nc1cc(C(=O)c2ccccc2)ccc1S(=O)(=O)N(Cc1ccccc1)c1ccccc1. The molecule has 0 saturated heterocycles. The van der Waals surface area contributed by atoms with Crippen molar-refractivity contribution in [3.63, 3.8) is 0 Å². The lowest BCUT2D eigenvalue weighted by atomic mass is 10.0. The Morgan fingerprint density at radius 1 is 0.743 bits per heavy atom. The van der Waals surface area contributed by atoms with Crippen LogP contribution in [0.1, 0.15) is 28.4 Å². The number of ketones is 1. The molecule has 4 aromatic rings. The molecular weight excluding hydrogens is 460 g/mol. The summed E-state index contributed by atoms with van der Waals surface area (Å²) < 4.78 is 29.3. The van der Waals surface area contributed by atoms with Crippen LogP contribution in [0.25, 0.3) is 0 Å². The normalized spacial score (nSPS) is 11.0. The van der Waals surface area contributed by atoms with Crippen molar-refractivity contribution in [2.75, 3.05) is 9.62 Å². The van der Waals surface area contributed by atoms with Crippen LogP contribution in [0.3, 0.4) is 0 Å². The van der Waals surface area contributed by atoms with Crippen LogP contribution in [-0.4, -0.2) is 20.1 Å². The highest BCUT2D eigenvalue weighted by atomic mass is 32.2. The molecule has 0 spiro atoms. The molecule has 4 rings (SSSR count). The third-order valence-corrected chi connectivity index (χ3v) is 7.20. The van der Waals surface area contributed by atoms with Crippen molar-refractivity contribution in [1.82, 2.24) is 0 Å². The van der Waals surface area contributed by atoms with Gasteiger partial charge in [0.1, 0.15) is 4.90 Å². The molecule has 7 heteroatoms. The number of nitrogens with zero attached hydrogens (tertiary/aromatic N) is 1. The summed E-state index contributed by atoms with van der Waals surface area (Å²) in [5.41, 5.74) is 2.07. The summed E-state index contributed by atoms with van der Waals surface area (Å²) in [6, 6.07) is 30.9. The fraction of sp³-hybridized carbons (Fsp3) is 0.0714. The minimum Gasteiger partial charge on any atom is -0.325 e. The predicted octanol–water partition coefficient (Wildman–Crippen LogP) is 5.27. The van der Waals surface area contributed by atoms with Gasteiger partial charge in [0.15, 0.2) is 5.78 Å². The van der Waals surface area contributed by atoms with E-state index < -0.39 is 15.9 Å². The van der Waals surface area contributed by atoms with Crippen molar-refractivity contribution in [2.24, 2.45) is 0 Å². The van der Waals surface area contributed by atoms with E-state index in [1.807, 2.05) is 36.4 Å². The van der Waals surface area contributed by atoms with E-state index in [-0.39, 0.29) is 28.5 Å². The van der Waals surface area contributed by atoms with E-state index in [1.54, 1.807) is 54.6 Å². The fourth-order valence-corrected chi connectivity index (χ4v) is 5.30. The second kappa shape index (κ2) is 10.4. The monoisotopic (exact) mass is 484 g/mol. The molecule has 0 heterocycles. The summed E-state index contributed by atoms with van der Waals surface area (Å²) in [5, 5.41) is 2.60. The smallest absolute Gasteiger partial charge is 0.266 e. The summed E-state index contributed by atoms with van der Waals surface area (Å²) in [5.74, 6) is -0.717. The van der Waals surface area contributed by atoms with Crippen LogP contribution < -0.4 is 9.62 Å². The standard InChI is InChI=1S/C28H24N2O4S/c1-21(31)29-26-19-24(28(32)23-13-7-3-8-14-23)17-18-27(26)35(33,34)30(25-15-9-4-10-16-25)20-22-11-5-2-6-12-22/h2-19H,20H2,1H3,(H,29,31). The first-order valence-electron chi connectivity index (χ1n) is 11.0. The van der Waals surface area contributed by atoms with Crippen LogP contribution >= 0.6 is 0 Å². The van der Waals surface area contributed by atoms with Gasteiger partial charge >= 0.3 is 0 Å². The van der Waals surface area contributed by atoms with Crippen LogP contribution in [-0.2, 0) is 21.4 Å². The minimum atomic E-state index is -4.13. The van der Waals surface area contributed by atoms with E-state index in [0.717, 1.165) is 5.56 Å². The molecule has 6 nitrogen and oxygen atoms in total. The molecule has 0 aliphatic rings. The second-order valence-corrected chi connectivity index (χ2v) is 9.75. The fourth-order valence-electron chi connectivity index (χ4n) is 3.72. The molecule has 0 aromatic heterocycles. The number of hydrogen-bond acceptors (Lipinski definition) is 4. The van der Waals surface area contributed by atoms with Crippen LogP contribution in [0.2, 0.25) is 0 Å². The minimum absolute atomic E-state index is 0.0493. The summed E-state index contributed by atoms with van der Waals surface area (Å²) >= 11 is 0. The van der Waals surface area contributed by atoms with E-state index in [4.69, 9.17) is 0 Å². The lowest BCUT2D eigenvalue weighted by molar-refractivity contribution is -0.114. The highest BCUT2D eigenvalue weighted by molar-refractivity contribution is 7.93. The summed E-state index contributed by atoms with van der Waals surface area (Å²) in [6.45, 7) is 1.39. The van der Waals surface area contributed by atoms with E-state index in [2.05, 4.69) is 5.32 Å². The van der Waals surface area contributed by atoms with Crippen LogP contribution in [0.15, 0.2) is 114 Å². The number of carbonyl (C=O) groups is 2. The first-order valence-corrected chi connectivity index (χ1v) is 12.4. The quantitative estimate of drug-likeness (QED) is 0.345. The molecule has 1 N–H and O–H groups in total. The van der Waals surface area contributed by atoms with Crippen molar-refractivity contribution in [3.05, 3.63) is 126 Å². The van der Waals surface area contributed by atoms with Crippen LogP contribution in [0.5, 0.6) is 0 Å². The average molecular weight is 485 g/mol. The summed E-state index contributed by atoms with van der Waals surface area (Å²) in [7, 11) is -4.13. The van der Waals surface area contributed by atoms with Gasteiger partial charge in [-0.05, 0) is 35.9 Å². The van der Waals surface area contributed by atoms with Gasteiger partial charge in [0.05, 0.1) is 17.9 Å². The number of rotatable bonds is 8. The molecule has 35 heavy (non-hydrogen) atoms. The number of anilines is 2. The van der Waals surface area contributed by atoms with Crippen molar-refractivity contribution >= 4 is 33.1 Å². The van der Waals surface area contributed by atoms with Gasteiger partial charge in [-0.3, -0.25) is 13.9 Å². The maximum atomic E-state index is 14.0. The number of nitrogens with one attached hydrogen (secondary N) is 1. The third kappa shape index (κ3) is 5.47. The summed E-state index contributed by atoms with van der Waals surface area (Å²) in [6.07, 6.45) is 0. The average Bonchev–Trinajstić information content (AvgIpc) is 2.88. The van der Waals surface area contributed by atoms with Gasteiger partial charge in [-0.2, -0.15) is 0 Å². The largest absolute Gasteiger partial charge is 0.325 e. The van der Waals surface area contributed by atoms with Gasteiger partial charge in [-0.15, -0.1) is 0 Å². The molecule has 176 valence electrons. The Kier molecular flexibility index (Phi) is 7.08. The number of benzene rings is 4. The van der Waals surface area contributed by atoms with Crippen LogP contribution in [0.4, 0.5) is 11.4 Å². The molecule has 0 radical (unpaired) electrons. The molecule has 0 bridgehead atoms. The van der Waals surface area contributed by atoms with Crippen molar-refractivity contribution < 1.29 is 18.0 Å². The molecule has 1 amide bonds. The van der Waals surface area contributed by atoms with Gasteiger partial charge in [0.25, 0.3) is 10.0 Å². The molecule has 0 aliphatic heterocycles. The Labute approximate surface area is 204 Å². The molecule has 0 unspecified atom stereocenters. The first kappa shape index (κ1) is 23.9. The highest BCUT2D eigenvalue weighted by Crippen LogP contribution is 2.31. The molecule has 0 saturated carbocycles. The van der Waals surface area contributed by atoms with Gasteiger partial charge in [0, 0.05) is 18.1 Å². The zero-order chi connectivity index (χ0) is 24.8. The van der Waals surface area contributed by atoms with Gasteiger partial charge in [-0.25, -0.2) is 8.42 Å². The zero-order valence-electron chi connectivity index (χ0n) is 19.1. The number of amides is 1. The van der Waals surface area contributed by atoms with E-state index in [1.165, 1.54) is 29.4 Å². The Morgan fingerprint density at radius 3 is 1.91 bits per heavy atom. The van der Waals surface area contributed by atoms with Crippen molar-refractivity contribution in [3.8, 4) is 0 Å². The topological polar surface area (TPSA) is 83.5 Å². The van der Waals surface area contributed by atoms with E-state index >= 15 is 0 Å². The first-order chi connectivity index (χ1) is 16.9. The molecule has 0 aliphatic carbocycles. The predicted molar refractivity (Wildman–Crippen MR) is 137 cm³/mol. The Hall–Kier alpha value is -4.23. The summed E-state index contributed by atoms with van der Waals surface area (Å²) in [4.78, 5) is 24.8. The molecule has 0 fully saturated rings. The second-order valence-electron chi connectivity index (χ2n) is 7.92. The number of carbonyl (C=O) groups excluding carboxylic acids is 2. The van der Waals surface area contributed by atoms with Crippen molar-refractivity contribution in [1.29, 1.82) is 0 Å². The van der Waals surface area contributed by atoms with E-state index in [9.17, 15) is 18.0 Å². The Morgan fingerprint density at radius 2 is 1.31 bits per heavy atom. The zero-order valence-corrected chi connectivity index (χ0v) is 19.9. The Balaban J connectivity index is 1.81. The highest BCUT2D eigenvalue weighted by Gasteiger charge is 2.29. The number of para-hydroxylation sites is 1. The number of sulfonamides is 1. The molecule has 0 atom stereocenters. The maximum Gasteiger partial charge on any atom is 0.266 e.